The zero-order valence-corrected chi connectivity index (χ0v) is 12.5. The van der Waals surface area contributed by atoms with Gasteiger partial charge in [0.15, 0.2) is 0 Å². The van der Waals surface area contributed by atoms with Crippen LogP contribution < -0.4 is 5.32 Å². The van der Waals surface area contributed by atoms with Crippen LogP contribution in [0.25, 0.3) is 0 Å². The number of ether oxygens (including phenoxy) is 2. The molecular weight excluding hydrogens is 266 g/mol. The summed E-state index contributed by atoms with van der Waals surface area (Å²) in [6, 6.07) is 7.80. The van der Waals surface area contributed by atoms with Crippen molar-refractivity contribution in [3.05, 3.63) is 35.4 Å². The van der Waals surface area contributed by atoms with Crippen LogP contribution in [-0.2, 0) is 20.7 Å². The van der Waals surface area contributed by atoms with E-state index in [0.717, 1.165) is 44.2 Å². The first kappa shape index (κ1) is 14.5. The molecule has 0 bridgehead atoms. The van der Waals surface area contributed by atoms with Gasteiger partial charge in [0.25, 0.3) is 0 Å². The average Bonchev–Trinajstić information content (AvgIpc) is 2.54. The third-order valence-corrected chi connectivity index (χ3v) is 4.54. The number of benzene rings is 1. The van der Waals surface area contributed by atoms with E-state index in [1.807, 2.05) is 18.2 Å². The summed E-state index contributed by atoms with van der Waals surface area (Å²) in [4.78, 5) is 12.5. The monoisotopic (exact) mass is 289 g/mol. The van der Waals surface area contributed by atoms with Gasteiger partial charge in [-0.2, -0.15) is 0 Å². The molecule has 114 valence electrons. The quantitative estimate of drug-likeness (QED) is 0.868. The van der Waals surface area contributed by atoms with Crippen LogP contribution in [0, 0.1) is 0 Å². The molecule has 1 heterocycles. The third-order valence-electron chi connectivity index (χ3n) is 4.54. The van der Waals surface area contributed by atoms with Crippen molar-refractivity contribution < 1.29 is 14.3 Å². The molecule has 1 aromatic rings. The summed E-state index contributed by atoms with van der Waals surface area (Å²) in [7, 11) is 1.73. The number of methoxy groups -OCH3 is 1. The van der Waals surface area contributed by atoms with Gasteiger partial charge in [-0.05, 0) is 36.8 Å². The maximum Gasteiger partial charge on any atom is 0.328 e. The molecule has 0 saturated heterocycles. The van der Waals surface area contributed by atoms with Crippen LogP contribution >= 0.6 is 0 Å². The number of rotatable bonds is 3. The predicted octanol–water partition coefficient (Wildman–Crippen LogP) is 2.37. The second kappa shape index (κ2) is 6.58. The van der Waals surface area contributed by atoms with E-state index in [1.165, 1.54) is 5.56 Å². The number of hydrogen-bond acceptors (Lipinski definition) is 4. The van der Waals surface area contributed by atoms with Gasteiger partial charge < -0.3 is 14.8 Å². The van der Waals surface area contributed by atoms with Gasteiger partial charge in [-0.15, -0.1) is 0 Å². The Morgan fingerprint density at radius 1 is 1.24 bits per heavy atom. The van der Waals surface area contributed by atoms with E-state index in [9.17, 15) is 4.79 Å². The fourth-order valence-electron chi connectivity index (χ4n) is 3.37. The van der Waals surface area contributed by atoms with Gasteiger partial charge in [0, 0.05) is 20.1 Å². The Morgan fingerprint density at radius 3 is 2.90 bits per heavy atom. The molecule has 2 aliphatic rings. The van der Waals surface area contributed by atoms with Crippen molar-refractivity contribution >= 4 is 5.97 Å². The number of hydrogen-bond donors (Lipinski definition) is 1. The van der Waals surface area contributed by atoms with Crippen molar-refractivity contribution in [2.24, 2.45) is 0 Å². The Morgan fingerprint density at radius 2 is 2.05 bits per heavy atom. The van der Waals surface area contributed by atoms with Crippen LogP contribution in [0.1, 0.15) is 42.9 Å². The first-order valence-electron chi connectivity index (χ1n) is 7.82. The molecule has 3 unspecified atom stereocenters. The van der Waals surface area contributed by atoms with Crippen molar-refractivity contribution in [2.75, 3.05) is 13.7 Å². The molecular formula is C17H23NO3. The molecule has 21 heavy (non-hydrogen) atoms. The summed E-state index contributed by atoms with van der Waals surface area (Å²) in [5.41, 5.74) is 2.31. The van der Waals surface area contributed by atoms with Gasteiger partial charge in [0.2, 0.25) is 0 Å². The Hall–Kier alpha value is -1.39. The minimum absolute atomic E-state index is 0.00733. The van der Waals surface area contributed by atoms with Crippen LogP contribution in [0.3, 0.4) is 0 Å². The molecule has 3 atom stereocenters. The van der Waals surface area contributed by atoms with Crippen molar-refractivity contribution in [3.8, 4) is 0 Å². The van der Waals surface area contributed by atoms with Crippen molar-refractivity contribution in [1.29, 1.82) is 0 Å². The minimum Gasteiger partial charge on any atom is -0.461 e. The molecule has 0 radical (unpaired) electrons. The minimum atomic E-state index is -0.321. The summed E-state index contributed by atoms with van der Waals surface area (Å²) in [5.74, 6) is -0.149. The highest BCUT2D eigenvalue weighted by Crippen LogP contribution is 2.27. The lowest BCUT2D eigenvalue weighted by Crippen LogP contribution is -2.39. The van der Waals surface area contributed by atoms with Crippen LogP contribution in [0.2, 0.25) is 0 Å². The summed E-state index contributed by atoms with van der Waals surface area (Å²) in [6.07, 6.45) is 5.07. The molecule has 4 nitrogen and oxygen atoms in total. The van der Waals surface area contributed by atoms with Crippen LogP contribution in [0.15, 0.2) is 24.3 Å². The Kier molecular flexibility index (Phi) is 4.56. The Labute approximate surface area is 125 Å². The lowest BCUT2D eigenvalue weighted by Gasteiger charge is -2.31. The van der Waals surface area contributed by atoms with Gasteiger partial charge in [-0.1, -0.05) is 24.3 Å². The Bertz CT molecular complexity index is 503. The fraction of sp³-hybridized carbons (Fsp3) is 0.588. The average molecular weight is 289 g/mol. The second-order valence-corrected chi connectivity index (χ2v) is 5.92. The molecule has 0 spiro atoms. The van der Waals surface area contributed by atoms with E-state index in [-0.39, 0.29) is 24.2 Å². The summed E-state index contributed by atoms with van der Waals surface area (Å²) in [5, 5.41) is 3.28. The number of nitrogens with one attached hydrogen (secondary N) is 1. The van der Waals surface area contributed by atoms with E-state index < -0.39 is 0 Å². The predicted molar refractivity (Wildman–Crippen MR) is 80.0 cm³/mol. The van der Waals surface area contributed by atoms with E-state index in [2.05, 4.69) is 11.4 Å². The topological polar surface area (TPSA) is 47.6 Å². The molecule has 1 aliphatic carbocycles. The largest absolute Gasteiger partial charge is 0.461 e. The second-order valence-electron chi connectivity index (χ2n) is 5.92. The molecule has 4 heteroatoms. The van der Waals surface area contributed by atoms with Crippen molar-refractivity contribution in [2.45, 2.75) is 50.4 Å². The van der Waals surface area contributed by atoms with Crippen LogP contribution in [-0.4, -0.2) is 31.8 Å². The highest BCUT2D eigenvalue weighted by Gasteiger charge is 2.31. The molecule has 1 aromatic carbocycles. The van der Waals surface area contributed by atoms with Gasteiger partial charge in [-0.25, -0.2) is 4.79 Å². The van der Waals surface area contributed by atoms with Crippen LogP contribution in [0.5, 0.6) is 0 Å². The number of esters is 1. The summed E-state index contributed by atoms with van der Waals surface area (Å²) >= 11 is 0. The molecule has 3 rings (SSSR count). The number of carbonyl (C=O) groups is 1. The molecule has 0 aromatic heterocycles. The zero-order chi connectivity index (χ0) is 14.7. The first-order chi connectivity index (χ1) is 10.3. The van der Waals surface area contributed by atoms with Crippen molar-refractivity contribution in [3.63, 3.8) is 0 Å². The first-order valence-corrected chi connectivity index (χ1v) is 7.82. The van der Waals surface area contributed by atoms with Gasteiger partial charge in [-0.3, -0.25) is 0 Å². The molecule has 0 amide bonds. The lowest BCUT2D eigenvalue weighted by molar-refractivity contribution is -0.155. The third kappa shape index (κ3) is 3.27. The van der Waals surface area contributed by atoms with E-state index in [4.69, 9.17) is 9.47 Å². The molecule has 1 aliphatic heterocycles. The Balaban J connectivity index is 1.66. The highest BCUT2D eigenvalue weighted by molar-refractivity contribution is 5.78. The van der Waals surface area contributed by atoms with Gasteiger partial charge >= 0.3 is 5.97 Å². The SMILES string of the molecule is COC1CCCC(OC(=O)C2NCCc3ccccc32)C1. The smallest absolute Gasteiger partial charge is 0.328 e. The molecule has 1 saturated carbocycles. The summed E-state index contributed by atoms with van der Waals surface area (Å²) in [6.45, 7) is 0.822. The van der Waals surface area contributed by atoms with E-state index >= 15 is 0 Å². The van der Waals surface area contributed by atoms with Gasteiger partial charge in [0.05, 0.1) is 6.10 Å². The highest BCUT2D eigenvalue weighted by atomic mass is 16.5. The fourth-order valence-corrected chi connectivity index (χ4v) is 3.37. The number of fused-ring (bicyclic) bond motifs is 1. The lowest BCUT2D eigenvalue weighted by atomic mass is 9.93. The van der Waals surface area contributed by atoms with Crippen LogP contribution in [0.4, 0.5) is 0 Å². The van der Waals surface area contributed by atoms with Crippen molar-refractivity contribution in [1.82, 2.24) is 5.32 Å². The maximum absolute atomic E-state index is 12.5. The van der Waals surface area contributed by atoms with E-state index in [1.54, 1.807) is 7.11 Å². The van der Waals surface area contributed by atoms with E-state index in [0.29, 0.717) is 0 Å². The zero-order valence-electron chi connectivity index (χ0n) is 12.5. The number of carbonyl (C=O) groups excluding carboxylic acids is 1. The standard InChI is InChI=1S/C17H23NO3/c1-20-13-6-4-7-14(11-13)21-17(19)16-15-8-3-2-5-12(15)9-10-18-16/h2-3,5,8,13-14,16,18H,4,6-7,9-11H2,1H3. The molecule has 1 fully saturated rings. The van der Waals surface area contributed by atoms with Gasteiger partial charge in [0.1, 0.15) is 12.1 Å². The molecule has 1 N–H and O–H groups in total. The summed E-state index contributed by atoms with van der Waals surface area (Å²) < 4.78 is 11.1. The maximum atomic E-state index is 12.5. The normalized spacial score (nSPS) is 28.7.